The van der Waals surface area contributed by atoms with Gasteiger partial charge in [-0.2, -0.15) is 0 Å². The predicted molar refractivity (Wildman–Crippen MR) is 92.4 cm³/mol. The second-order valence-electron chi connectivity index (χ2n) is 5.66. The number of hydrogen-bond donors (Lipinski definition) is 0. The Morgan fingerprint density at radius 1 is 0.654 bits per heavy atom. The van der Waals surface area contributed by atoms with Gasteiger partial charge in [0.2, 0.25) is 0 Å². The summed E-state index contributed by atoms with van der Waals surface area (Å²) in [5, 5.41) is 0. The highest BCUT2D eigenvalue weighted by atomic mass is 32.2. The first-order valence-corrected chi connectivity index (χ1v) is 10.4. The third-order valence-electron chi connectivity index (χ3n) is 3.61. The van der Waals surface area contributed by atoms with Crippen LogP contribution in [-0.2, 0) is 20.0 Å². The minimum Gasteiger partial charge on any atom is -0.205 e. The Morgan fingerprint density at radius 2 is 0.923 bits per heavy atom. The lowest BCUT2D eigenvalue weighted by Gasteiger charge is -2.16. The molecule has 0 fully saturated rings. The lowest BCUT2D eigenvalue weighted by atomic mass is 10.2. The van der Waals surface area contributed by atoms with Crippen LogP contribution in [0, 0.1) is 13.8 Å². The second kappa shape index (κ2) is 7.78. The van der Waals surface area contributed by atoms with E-state index in [9.17, 15) is 25.8 Å². The Kier molecular flexibility index (Phi) is 6.12. The average Bonchev–Trinajstić information content (AvgIpc) is 2.60. The van der Waals surface area contributed by atoms with Gasteiger partial charge in [0.1, 0.15) is 0 Å². The molecular weight excluding hydrogens is 386 g/mol. The molecule has 26 heavy (non-hydrogen) atoms. The van der Waals surface area contributed by atoms with E-state index < -0.39 is 42.2 Å². The van der Waals surface area contributed by atoms with E-state index in [2.05, 4.69) is 0 Å². The highest BCUT2D eigenvalue weighted by molar-refractivity contribution is 7.89. The maximum atomic E-state index is 14.0. The standard InChI is InChI=1S/C16H18F2N2O4S2/c1-13-3-7-15(8-4-13)25(21,22)19(17)11-12-20(18)26(23,24)16-9-5-14(2)6-10-16/h3-10H,11-12H2,1-2H3. The number of rotatable bonds is 7. The summed E-state index contributed by atoms with van der Waals surface area (Å²) >= 11 is 0. The van der Waals surface area contributed by atoms with Gasteiger partial charge < -0.3 is 0 Å². The van der Waals surface area contributed by atoms with Crippen LogP contribution in [0.1, 0.15) is 11.1 Å². The van der Waals surface area contributed by atoms with E-state index in [0.717, 1.165) is 11.1 Å². The van der Waals surface area contributed by atoms with Crippen molar-refractivity contribution in [2.24, 2.45) is 0 Å². The first-order valence-electron chi connectivity index (χ1n) is 7.55. The molecule has 0 bridgehead atoms. The molecule has 2 aromatic carbocycles. The van der Waals surface area contributed by atoms with Crippen LogP contribution in [-0.4, -0.2) is 39.0 Å². The van der Waals surface area contributed by atoms with E-state index >= 15 is 0 Å². The van der Waals surface area contributed by atoms with Crippen molar-refractivity contribution in [1.82, 2.24) is 9.05 Å². The van der Waals surface area contributed by atoms with Crippen molar-refractivity contribution >= 4 is 20.0 Å². The van der Waals surface area contributed by atoms with Gasteiger partial charge >= 0.3 is 0 Å². The van der Waals surface area contributed by atoms with E-state index in [-0.39, 0.29) is 9.79 Å². The largest absolute Gasteiger partial charge is 0.269 e. The third-order valence-corrected chi connectivity index (χ3v) is 6.76. The van der Waals surface area contributed by atoms with E-state index in [1.165, 1.54) is 48.5 Å². The lowest BCUT2D eigenvalue weighted by molar-refractivity contribution is 0.0819. The Hall–Kier alpha value is -1.88. The average molecular weight is 404 g/mol. The van der Waals surface area contributed by atoms with Crippen molar-refractivity contribution in [3.05, 3.63) is 59.7 Å². The molecule has 0 saturated heterocycles. The number of halogens is 2. The Bertz CT molecular complexity index is 879. The van der Waals surface area contributed by atoms with Crippen molar-refractivity contribution in [3.63, 3.8) is 0 Å². The van der Waals surface area contributed by atoms with Crippen LogP contribution in [0.2, 0.25) is 0 Å². The second-order valence-corrected chi connectivity index (χ2v) is 9.29. The molecule has 0 heterocycles. The molecule has 0 saturated carbocycles. The summed E-state index contributed by atoms with van der Waals surface area (Å²) in [6.07, 6.45) is 0. The summed E-state index contributed by atoms with van der Waals surface area (Å²) in [7, 11) is -8.98. The van der Waals surface area contributed by atoms with Gasteiger partial charge in [-0.1, -0.05) is 35.4 Å². The van der Waals surface area contributed by atoms with Gasteiger partial charge in [0.05, 0.1) is 22.9 Å². The molecule has 0 aliphatic rings. The molecule has 0 atom stereocenters. The van der Waals surface area contributed by atoms with Crippen LogP contribution < -0.4 is 0 Å². The van der Waals surface area contributed by atoms with Gasteiger partial charge in [-0.15, -0.1) is 8.96 Å². The van der Waals surface area contributed by atoms with E-state index in [1.54, 1.807) is 13.8 Å². The maximum absolute atomic E-state index is 14.0. The molecule has 0 amide bonds. The maximum Gasteiger partial charge on any atom is 0.269 e. The molecule has 142 valence electrons. The van der Waals surface area contributed by atoms with Gasteiger partial charge in [-0.05, 0) is 47.2 Å². The van der Waals surface area contributed by atoms with Gasteiger partial charge in [0, 0.05) is 0 Å². The molecule has 2 rings (SSSR count). The highest BCUT2D eigenvalue weighted by Crippen LogP contribution is 2.19. The molecule has 0 N–H and O–H groups in total. The fraction of sp³-hybridized carbons (Fsp3) is 0.250. The SMILES string of the molecule is Cc1ccc(S(=O)(=O)N(F)CCN(F)S(=O)(=O)c2ccc(C)cc2)cc1. The van der Waals surface area contributed by atoms with Crippen LogP contribution >= 0.6 is 0 Å². The van der Waals surface area contributed by atoms with Crippen LogP contribution in [0.25, 0.3) is 0 Å². The summed E-state index contributed by atoms with van der Waals surface area (Å²) in [5.41, 5.74) is 1.57. The molecule has 0 aromatic heterocycles. The summed E-state index contributed by atoms with van der Waals surface area (Å²) in [6.45, 7) is 1.50. The molecule has 10 heteroatoms. The molecule has 6 nitrogen and oxygen atoms in total. The Balaban J connectivity index is 2.09. The van der Waals surface area contributed by atoms with E-state index in [0.29, 0.717) is 0 Å². The fourth-order valence-electron chi connectivity index (χ4n) is 2.05. The number of aryl methyl sites for hydroxylation is 2. The summed E-state index contributed by atoms with van der Waals surface area (Å²) in [4.78, 5) is -0.616. The lowest BCUT2D eigenvalue weighted by Crippen LogP contribution is -2.33. The number of nitrogens with zero attached hydrogens (tertiary/aromatic N) is 2. The van der Waals surface area contributed by atoms with Crippen LogP contribution in [0.4, 0.5) is 8.96 Å². The smallest absolute Gasteiger partial charge is 0.205 e. The van der Waals surface area contributed by atoms with Crippen LogP contribution in [0.5, 0.6) is 0 Å². The summed E-state index contributed by atoms with van der Waals surface area (Å²) < 4.78 is 75.2. The fourth-order valence-corrected chi connectivity index (χ4v) is 4.11. The quantitative estimate of drug-likeness (QED) is 0.665. The van der Waals surface area contributed by atoms with Crippen LogP contribution in [0.15, 0.2) is 58.3 Å². The van der Waals surface area contributed by atoms with Gasteiger partial charge in [-0.25, -0.2) is 16.8 Å². The zero-order valence-corrected chi connectivity index (χ0v) is 15.8. The summed E-state index contributed by atoms with van der Waals surface area (Å²) in [6, 6.07) is 10.8. The molecule has 0 radical (unpaired) electrons. The monoisotopic (exact) mass is 404 g/mol. The zero-order chi connectivity index (χ0) is 19.5. The molecule has 2 aromatic rings. The minimum absolute atomic E-state index is 0.308. The number of benzene rings is 2. The zero-order valence-electron chi connectivity index (χ0n) is 14.1. The van der Waals surface area contributed by atoms with Gasteiger partial charge in [0.25, 0.3) is 20.0 Å². The van der Waals surface area contributed by atoms with Crippen molar-refractivity contribution in [1.29, 1.82) is 0 Å². The van der Waals surface area contributed by atoms with Crippen molar-refractivity contribution in [2.45, 2.75) is 23.6 Å². The van der Waals surface area contributed by atoms with E-state index in [1.807, 2.05) is 0 Å². The van der Waals surface area contributed by atoms with Crippen LogP contribution in [0.3, 0.4) is 0 Å². The number of sulfonamides is 2. The minimum atomic E-state index is -4.49. The van der Waals surface area contributed by atoms with E-state index in [4.69, 9.17) is 0 Å². The Morgan fingerprint density at radius 3 is 1.19 bits per heavy atom. The number of hydrogen-bond acceptors (Lipinski definition) is 4. The van der Waals surface area contributed by atoms with Crippen molar-refractivity contribution in [3.8, 4) is 0 Å². The van der Waals surface area contributed by atoms with Gasteiger partial charge in [0.15, 0.2) is 0 Å². The molecule has 0 aliphatic heterocycles. The first kappa shape index (κ1) is 20.4. The molecular formula is C16H18F2N2O4S2. The Labute approximate surface area is 151 Å². The molecule has 0 unspecified atom stereocenters. The molecule has 0 spiro atoms. The normalized spacial score (nSPS) is 12.7. The third kappa shape index (κ3) is 4.44. The topological polar surface area (TPSA) is 74.8 Å². The van der Waals surface area contributed by atoms with Crippen molar-refractivity contribution in [2.75, 3.05) is 13.1 Å². The van der Waals surface area contributed by atoms with Gasteiger partial charge in [-0.3, -0.25) is 0 Å². The summed E-state index contributed by atoms with van der Waals surface area (Å²) in [5.74, 6) is 0. The molecule has 0 aliphatic carbocycles. The van der Waals surface area contributed by atoms with Crippen molar-refractivity contribution < 1.29 is 25.8 Å². The highest BCUT2D eigenvalue weighted by Gasteiger charge is 2.29. The predicted octanol–water partition coefficient (Wildman–Crippen LogP) is 2.75. The first-order chi connectivity index (χ1) is 12.0.